The molecule has 0 unspecified atom stereocenters. The molecule has 0 N–H and O–H groups in total. The number of aromatic nitrogens is 2. The summed E-state index contributed by atoms with van der Waals surface area (Å²) in [6.07, 6.45) is 0.731. The number of para-hydroxylation sites is 1. The van der Waals surface area contributed by atoms with Crippen molar-refractivity contribution in [1.82, 2.24) is 9.55 Å². The van der Waals surface area contributed by atoms with Crippen molar-refractivity contribution in [3.8, 4) is 11.4 Å². The zero-order valence-electron chi connectivity index (χ0n) is 14.3. The Labute approximate surface area is 145 Å². The van der Waals surface area contributed by atoms with E-state index in [1.54, 1.807) is 25.1 Å². The fraction of sp³-hybridized carbons (Fsp3) is 0.250. The van der Waals surface area contributed by atoms with E-state index >= 15 is 0 Å². The van der Waals surface area contributed by atoms with Crippen molar-refractivity contribution < 1.29 is 9.53 Å². The van der Waals surface area contributed by atoms with Gasteiger partial charge in [-0.2, -0.15) is 0 Å². The molecule has 3 rings (SSSR count). The molecule has 0 saturated carbocycles. The van der Waals surface area contributed by atoms with Gasteiger partial charge in [0.05, 0.1) is 17.5 Å². The highest BCUT2D eigenvalue weighted by atomic mass is 16.5. The Morgan fingerprint density at radius 3 is 2.52 bits per heavy atom. The lowest BCUT2D eigenvalue weighted by atomic mass is 10.1. The molecule has 0 aliphatic carbocycles. The molecule has 128 valence electrons. The molecule has 0 spiro atoms. The van der Waals surface area contributed by atoms with Gasteiger partial charge in [-0.05, 0) is 25.5 Å². The number of benzene rings is 2. The lowest BCUT2D eigenvalue weighted by Crippen LogP contribution is -2.31. The van der Waals surface area contributed by atoms with Gasteiger partial charge in [0.2, 0.25) is 0 Å². The molecule has 0 amide bonds. The van der Waals surface area contributed by atoms with Crippen LogP contribution in [0.1, 0.15) is 26.3 Å². The molecule has 0 bridgehead atoms. The minimum Gasteiger partial charge on any atom is -0.464 e. The van der Waals surface area contributed by atoms with Crippen LogP contribution in [0.3, 0.4) is 0 Å². The summed E-state index contributed by atoms with van der Waals surface area (Å²) >= 11 is 0. The first-order valence-corrected chi connectivity index (χ1v) is 8.36. The van der Waals surface area contributed by atoms with Crippen LogP contribution in [0.4, 0.5) is 0 Å². The molecule has 3 aromatic rings. The van der Waals surface area contributed by atoms with Gasteiger partial charge in [0.1, 0.15) is 11.9 Å². The molecule has 1 heterocycles. The zero-order valence-corrected chi connectivity index (χ0v) is 14.3. The van der Waals surface area contributed by atoms with Gasteiger partial charge in [0.25, 0.3) is 5.56 Å². The Hall–Kier alpha value is -2.95. The molecule has 1 atom stereocenters. The van der Waals surface area contributed by atoms with Gasteiger partial charge < -0.3 is 4.74 Å². The van der Waals surface area contributed by atoms with Crippen LogP contribution in [-0.4, -0.2) is 22.1 Å². The second-order valence-electron chi connectivity index (χ2n) is 5.84. The summed E-state index contributed by atoms with van der Waals surface area (Å²) in [5.41, 5.74) is 1.14. The molecule has 5 nitrogen and oxygen atoms in total. The number of nitrogens with zero attached hydrogens (tertiary/aromatic N) is 2. The largest absolute Gasteiger partial charge is 0.464 e. The summed E-state index contributed by atoms with van der Waals surface area (Å²) in [6.45, 7) is 3.93. The van der Waals surface area contributed by atoms with Crippen molar-refractivity contribution in [2.75, 3.05) is 6.61 Å². The van der Waals surface area contributed by atoms with Crippen LogP contribution in [0.15, 0.2) is 59.4 Å². The number of ether oxygens (including phenoxy) is 1. The molecule has 0 aliphatic heterocycles. The number of fused-ring (bicyclic) bond motifs is 1. The zero-order chi connectivity index (χ0) is 17.8. The molecule has 0 saturated heterocycles. The Kier molecular flexibility index (Phi) is 4.93. The van der Waals surface area contributed by atoms with Crippen molar-refractivity contribution in [3.05, 3.63) is 65.0 Å². The first-order chi connectivity index (χ1) is 12.1. The maximum Gasteiger partial charge on any atom is 0.329 e. The van der Waals surface area contributed by atoms with Crippen molar-refractivity contribution in [2.45, 2.75) is 26.3 Å². The van der Waals surface area contributed by atoms with Crippen LogP contribution in [0.2, 0.25) is 0 Å². The van der Waals surface area contributed by atoms with Gasteiger partial charge in [-0.25, -0.2) is 9.78 Å². The highest BCUT2D eigenvalue weighted by Gasteiger charge is 2.23. The molecular weight excluding hydrogens is 316 g/mol. The molecule has 1 aromatic heterocycles. The number of hydrogen-bond donors (Lipinski definition) is 0. The van der Waals surface area contributed by atoms with E-state index in [-0.39, 0.29) is 5.56 Å². The number of carbonyl (C=O) groups excluding carboxylic acids is 1. The molecule has 25 heavy (non-hydrogen) atoms. The Morgan fingerprint density at radius 2 is 1.80 bits per heavy atom. The third-order valence-electron chi connectivity index (χ3n) is 4.02. The number of hydrogen-bond acceptors (Lipinski definition) is 4. The standard InChI is InChI=1S/C20H20N2O3/c1-3-13-25-20(24)14(2)22-18(15-9-5-4-6-10-15)21-17-12-8-7-11-16(17)19(22)23/h4-12,14H,3,13H2,1-2H3/t14-/m1/s1. The van der Waals surface area contributed by atoms with Gasteiger partial charge in [-0.1, -0.05) is 49.4 Å². The van der Waals surface area contributed by atoms with Crippen LogP contribution >= 0.6 is 0 Å². The van der Waals surface area contributed by atoms with Crippen LogP contribution in [0.5, 0.6) is 0 Å². The van der Waals surface area contributed by atoms with E-state index in [4.69, 9.17) is 4.74 Å². The molecule has 5 heteroatoms. The van der Waals surface area contributed by atoms with Crippen LogP contribution in [0, 0.1) is 0 Å². The molecule has 0 aliphatic rings. The number of carbonyl (C=O) groups is 1. The Bertz CT molecular complexity index is 948. The number of esters is 1. The summed E-state index contributed by atoms with van der Waals surface area (Å²) in [7, 11) is 0. The first-order valence-electron chi connectivity index (χ1n) is 8.36. The van der Waals surface area contributed by atoms with Crippen LogP contribution in [-0.2, 0) is 9.53 Å². The average molecular weight is 336 g/mol. The van der Waals surface area contributed by atoms with Gasteiger partial charge in [0, 0.05) is 5.56 Å². The predicted molar refractivity (Wildman–Crippen MR) is 97.4 cm³/mol. The fourth-order valence-corrected chi connectivity index (χ4v) is 2.72. The third-order valence-corrected chi connectivity index (χ3v) is 4.02. The van der Waals surface area contributed by atoms with Crippen molar-refractivity contribution in [3.63, 3.8) is 0 Å². The van der Waals surface area contributed by atoms with E-state index < -0.39 is 12.0 Å². The summed E-state index contributed by atoms with van der Waals surface area (Å²) in [4.78, 5) is 30.1. The normalized spacial score (nSPS) is 12.1. The monoisotopic (exact) mass is 336 g/mol. The number of rotatable bonds is 5. The first kappa shape index (κ1) is 16.9. The predicted octanol–water partition coefficient (Wildman–Crippen LogP) is 3.58. The fourth-order valence-electron chi connectivity index (χ4n) is 2.72. The second kappa shape index (κ2) is 7.30. The molecular formula is C20H20N2O3. The van der Waals surface area contributed by atoms with Crippen molar-refractivity contribution in [2.24, 2.45) is 0 Å². The molecule has 0 radical (unpaired) electrons. The van der Waals surface area contributed by atoms with E-state index in [1.165, 1.54) is 4.57 Å². The van der Waals surface area contributed by atoms with E-state index in [0.29, 0.717) is 23.3 Å². The van der Waals surface area contributed by atoms with Crippen LogP contribution in [0.25, 0.3) is 22.3 Å². The minimum atomic E-state index is -0.758. The van der Waals surface area contributed by atoms with Crippen molar-refractivity contribution in [1.29, 1.82) is 0 Å². The van der Waals surface area contributed by atoms with E-state index in [9.17, 15) is 9.59 Å². The average Bonchev–Trinajstić information content (AvgIpc) is 2.66. The highest BCUT2D eigenvalue weighted by molar-refractivity contribution is 5.81. The summed E-state index contributed by atoms with van der Waals surface area (Å²) < 4.78 is 6.67. The quantitative estimate of drug-likeness (QED) is 0.668. The van der Waals surface area contributed by atoms with E-state index in [1.807, 2.05) is 43.3 Å². The SMILES string of the molecule is CCCOC(=O)[C@@H](C)n1c(-c2ccccc2)nc2ccccc2c1=O. The lowest BCUT2D eigenvalue weighted by molar-refractivity contribution is -0.147. The maximum atomic E-state index is 13.1. The minimum absolute atomic E-state index is 0.245. The Balaban J connectivity index is 2.22. The topological polar surface area (TPSA) is 61.2 Å². The second-order valence-corrected chi connectivity index (χ2v) is 5.84. The van der Waals surface area contributed by atoms with Gasteiger partial charge >= 0.3 is 5.97 Å². The van der Waals surface area contributed by atoms with Gasteiger partial charge in [0.15, 0.2) is 0 Å². The van der Waals surface area contributed by atoms with Gasteiger partial charge in [-0.3, -0.25) is 9.36 Å². The Morgan fingerprint density at radius 1 is 1.12 bits per heavy atom. The van der Waals surface area contributed by atoms with Crippen LogP contribution < -0.4 is 5.56 Å². The maximum absolute atomic E-state index is 13.1. The smallest absolute Gasteiger partial charge is 0.329 e. The highest BCUT2D eigenvalue weighted by Crippen LogP contribution is 2.22. The third kappa shape index (κ3) is 3.31. The van der Waals surface area contributed by atoms with E-state index in [0.717, 1.165) is 12.0 Å². The lowest BCUT2D eigenvalue weighted by Gasteiger charge is -2.19. The molecule has 0 fully saturated rings. The summed E-state index contributed by atoms with van der Waals surface area (Å²) in [5.74, 6) is 0.0310. The van der Waals surface area contributed by atoms with E-state index in [2.05, 4.69) is 4.98 Å². The van der Waals surface area contributed by atoms with Gasteiger partial charge in [-0.15, -0.1) is 0 Å². The molecule has 2 aromatic carbocycles. The summed E-state index contributed by atoms with van der Waals surface area (Å²) in [5, 5.41) is 0.484. The van der Waals surface area contributed by atoms with Crippen molar-refractivity contribution >= 4 is 16.9 Å². The summed E-state index contributed by atoms with van der Waals surface area (Å²) in [6, 6.07) is 15.8.